The molecule has 0 heterocycles. The van der Waals surface area contributed by atoms with E-state index in [1.807, 2.05) is 6.92 Å². The maximum absolute atomic E-state index is 11.4. The third-order valence-corrected chi connectivity index (χ3v) is 3.65. The number of primary sulfonamides is 1. The molecule has 3 N–H and O–H groups in total. The van der Waals surface area contributed by atoms with E-state index in [0.29, 0.717) is 6.54 Å². The second-order valence-corrected chi connectivity index (χ2v) is 6.10. The van der Waals surface area contributed by atoms with Gasteiger partial charge in [0.2, 0.25) is 10.0 Å². The summed E-state index contributed by atoms with van der Waals surface area (Å²) in [5, 5.41) is 7.74. The van der Waals surface area contributed by atoms with Gasteiger partial charge in [0.15, 0.2) is 6.61 Å². The number of hydrogen-bond donors (Lipinski definition) is 2. The molecule has 0 spiro atoms. The lowest BCUT2D eigenvalue weighted by Crippen LogP contribution is -2.29. The van der Waals surface area contributed by atoms with Crippen LogP contribution in [0.3, 0.4) is 0 Å². The number of nitrogens with two attached hydrogens (primary N) is 1. The average molecular weight is 321 g/mol. The lowest BCUT2D eigenvalue weighted by Gasteiger charge is -2.09. The van der Waals surface area contributed by atoms with Gasteiger partial charge in [0.1, 0.15) is 5.75 Å². The number of amides is 1. The molecular formula is C12H17ClN2O4S. The molecule has 0 aliphatic heterocycles. The maximum atomic E-state index is 11.4. The molecular weight excluding hydrogens is 304 g/mol. The average Bonchev–Trinajstić information content (AvgIpc) is 2.36. The molecule has 6 nitrogen and oxygen atoms in total. The van der Waals surface area contributed by atoms with Gasteiger partial charge in [-0.15, -0.1) is 0 Å². The Morgan fingerprint density at radius 1 is 1.45 bits per heavy atom. The standard InChI is InChI=1S/C12H17ClN2O4S/c1-2-3-6-15-12(16)8-19-11-5-4-9(7-10(11)13)20(14,17)18/h4-5,7H,2-3,6,8H2,1H3,(H,15,16)(H2,14,17,18). The van der Waals surface area contributed by atoms with Gasteiger partial charge in [-0.2, -0.15) is 0 Å². The van der Waals surface area contributed by atoms with Crippen LogP contribution in [0, 0.1) is 0 Å². The SMILES string of the molecule is CCCCNC(=O)COc1ccc(S(N)(=O)=O)cc1Cl. The quantitative estimate of drug-likeness (QED) is 0.739. The molecule has 0 saturated heterocycles. The van der Waals surface area contributed by atoms with E-state index in [1.54, 1.807) is 0 Å². The minimum absolute atomic E-state index is 0.0814. The van der Waals surface area contributed by atoms with E-state index in [-0.39, 0.29) is 28.2 Å². The van der Waals surface area contributed by atoms with Crippen molar-refractivity contribution in [2.75, 3.05) is 13.2 Å². The van der Waals surface area contributed by atoms with Crippen molar-refractivity contribution in [3.8, 4) is 5.75 Å². The Morgan fingerprint density at radius 3 is 2.70 bits per heavy atom. The molecule has 0 aliphatic rings. The van der Waals surface area contributed by atoms with Gasteiger partial charge in [0.25, 0.3) is 5.91 Å². The van der Waals surface area contributed by atoms with Gasteiger partial charge in [-0.05, 0) is 24.6 Å². The van der Waals surface area contributed by atoms with E-state index in [1.165, 1.54) is 18.2 Å². The van der Waals surface area contributed by atoms with Crippen molar-refractivity contribution in [1.29, 1.82) is 0 Å². The highest BCUT2D eigenvalue weighted by Gasteiger charge is 2.12. The van der Waals surface area contributed by atoms with Gasteiger partial charge in [0.05, 0.1) is 9.92 Å². The van der Waals surface area contributed by atoms with Gasteiger partial charge in [-0.1, -0.05) is 24.9 Å². The predicted molar refractivity (Wildman–Crippen MR) is 76.2 cm³/mol. The number of carbonyl (C=O) groups is 1. The lowest BCUT2D eigenvalue weighted by molar-refractivity contribution is -0.123. The van der Waals surface area contributed by atoms with E-state index in [4.69, 9.17) is 21.5 Å². The van der Waals surface area contributed by atoms with Crippen LogP contribution >= 0.6 is 11.6 Å². The molecule has 112 valence electrons. The second kappa shape index (κ2) is 7.47. The first-order valence-corrected chi connectivity index (χ1v) is 7.99. The molecule has 8 heteroatoms. The fourth-order valence-corrected chi connectivity index (χ4v) is 2.21. The van der Waals surface area contributed by atoms with Crippen LogP contribution in [0.1, 0.15) is 19.8 Å². The summed E-state index contributed by atoms with van der Waals surface area (Å²) in [5.41, 5.74) is 0. The van der Waals surface area contributed by atoms with Gasteiger partial charge >= 0.3 is 0 Å². The first-order chi connectivity index (χ1) is 9.34. The van der Waals surface area contributed by atoms with Crippen molar-refractivity contribution < 1.29 is 17.9 Å². The summed E-state index contributed by atoms with van der Waals surface area (Å²) in [6, 6.07) is 3.81. The molecule has 0 radical (unpaired) electrons. The smallest absolute Gasteiger partial charge is 0.257 e. The van der Waals surface area contributed by atoms with E-state index in [9.17, 15) is 13.2 Å². The van der Waals surface area contributed by atoms with Crippen molar-refractivity contribution in [3.05, 3.63) is 23.2 Å². The van der Waals surface area contributed by atoms with E-state index < -0.39 is 10.0 Å². The normalized spacial score (nSPS) is 11.2. The van der Waals surface area contributed by atoms with Crippen LogP contribution in [0.25, 0.3) is 0 Å². The van der Waals surface area contributed by atoms with Crippen LogP contribution in [0.5, 0.6) is 5.75 Å². The van der Waals surface area contributed by atoms with E-state index in [2.05, 4.69) is 5.32 Å². The number of sulfonamides is 1. The van der Waals surface area contributed by atoms with Crippen molar-refractivity contribution in [2.24, 2.45) is 5.14 Å². The number of carbonyl (C=O) groups excluding carboxylic acids is 1. The zero-order chi connectivity index (χ0) is 15.2. The highest BCUT2D eigenvalue weighted by molar-refractivity contribution is 7.89. The minimum atomic E-state index is -3.81. The van der Waals surface area contributed by atoms with Gasteiger partial charge in [-0.3, -0.25) is 4.79 Å². The number of rotatable bonds is 7. The molecule has 1 amide bonds. The summed E-state index contributed by atoms with van der Waals surface area (Å²) in [5.74, 6) is -0.0326. The number of unbranched alkanes of at least 4 members (excludes halogenated alkanes) is 1. The fourth-order valence-electron chi connectivity index (χ4n) is 1.37. The highest BCUT2D eigenvalue weighted by atomic mass is 35.5. The van der Waals surface area contributed by atoms with E-state index >= 15 is 0 Å². The Bertz CT molecular complexity index is 575. The van der Waals surface area contributed by atoms with Crippen molar-refractivity contribution in [3.63, 3.8) is 0 Å². The summed E-state index contributed by atoms with van der Waals surface area (Å²) in [6.45, 7) is 2.43. The van der Waals surface area contributed by atoms with Crippen molar-refractivity contribution in [1.82, 2.24) is 5.32 Å². The number of hydrogen-bond acceptors (Lipinski definition) is 4. The minimum Gasteiger partial charge on any atom is -0.482 e. The second-order valence-electron chi connectivity index (χ2n) is 4.13. The predicted octanol–water partition coefficient (Wildman–Crippen LogP) is 1.28. The molecule has 0 aromatic heterocycles. The molecule has 0 bridgehead atoms. The highest BCUT2D eigenvalue weighted by Crippen LogP contribution is 2.26. The first kappa shape index (κ1) is 16.7. The fraction of sp³-hybridized carbons (Fsp3) is 0.417. The van der Waals surface area contributed by atoms with Crippen LogP contribution in [0.15, 0.2) is 23.1 Å². The molecule has 1 aromatic carbocycles. The molecule has 1 rings (SSSR count). The van der Waals surface area contributed by atoms with Crippen molar-refractivity contribution in [2.45, 2.75) is 24.7 Å². The zero-order valence-electron chi connectivity index (χ0n) is 11.1. The first-order valence-electron chi connectivity index (χ1n) is 6.06. The third-order valence-electron chi connectivity index (χ3n) is 2.44. The number of benzene rings is 1. The molecule has 0 atom stereocenters. The van der Waals surface area contributed by atoms with Gasteiger partial charge in [0, 0.05) is 6.54 Å². The summed E-state index contributed by atoms with van der Waals surface area (Å²) in [4.78, 5) is 11.3. The Hall–Kier alpha value is -1.31. The zero-order valence-corrected chi connectivity index (χ0v) is 12.6. The Balaban J connectivity index is 2.59. The van der Waals surface area contributed by atoms with Crippen LogP contribution in [-0.4, -0.2) is 27.5 Å². The number of nitrogens with one attached hydrogen (secondary N) is 1. The summed E-state index contributed by atoms with van der Waals surface area (Å²) in [7, 11) is -3.81. The summed E-state index contributed by atoms with van der Waals surface area (Å²) in [6.07, 6.45) is 1.89. The van der Waals surface area contributed by atoms with Gasteiger partial charge < -0.3 is 10.1 Å². The molecule has 0 unspecified atom stereocenters. The van der Waals surface area contributed by atoms with Crippen LogP contribution < -0.4 is 15.2 Å². The molecule has 1 aromatic rings. The summed E-state index contributed by atoms with van der Waals surface area (Å²) < 4.78 is 27.5. The number of halogens is 1. The van der Waals surface area contributed by atoms with E-state index in [0.717, 1.165) is 12.8 Å². The van der Waals surface area contributed by atoms with Gasteiger partial charge in [-0.25, -0.2) is 13.6 Å². The molecule has 0 fully saturated rings. The summed E-state index contributed by atoms with van der Waals surface area (Å²) >= 11 is 5.87. The largest absolute Gasteiger partial charge is 0.482 e. The Morgan fingerprint density at radius 2 is 2.15 bits per heavy atom. The Labute approximate surface area is 123 Å². The molecule has 0 aliphatic carbocycles. The number of ether oxygens (including phenoxy) is 1. The third kappa shape index (κ3) is 5.36. The molecule has 0 saturated carbocycles. The monoisotopic (exact) mass is 320 g/mol. The molecule has 20 heavy (non-hydrogen) atoms. The topological polar surface area (TPSA) is 98.5 Å². The van der Waals surface area contributed by atoms with Crippen LogP contribution in [0.2, 0.25) is 5.02 Å². The van der Waals surface area contributed by atoms with Crippen molar-refractivity contribution >= 4 is 27.5 Å². The van der Waals surface area contributed by atoms with Crippen LogP contribution in [0.4, 0.5) is 0 Å². The maximum Gasteiger partial charge on any atom is 0.257 e. The Kier molecular flexibility index (Phi) is 6.25. The van der Waals surface area contributed by atoms with Crippen LogP contribution in [-0.2, 0) is 14.8 Å². The lowest BCUT2D eigenvalue weighted by atomic mass is 10.3.